The molecule has 0 radical (unpaired) electrons. The third-order valence-electron chi connectivity index (χ3n) is 4.99. The maximum Gasteiger partial charge on any atom is 0.352 e. The molecule has 3 amide bonds. The first kappa shape index (κ1) is 24.1. The first-order chi connectivity index (χ1) is 16.9. The molecule has 0 bridgehead atoms. The van der Waals surface area contributed by atoms with E-state index in [1.807, 2.05) is 0 Å². The number of amides is 3. The number of aliphatic carboxylic acids is 1. The van der Waals surface area contributed by atoms with E-state index in [4.69, 9.17) is 4.84 Å². The molecular formula is C21H18N6O6S2. The standard InChI is InChI=1S/C21H18N6O6S2/c1-2-12-8-34-19-15(18(30)27(19)16(12)20(31)32)25-17(29)14(13-9-35-21(24-13)23-10-28)26-33-7-11-4-3-5-22-6-11/h2-6,9-10,15,19H,1,7-8H2,(H,25,29)(H,31,32)(H,23,24,28)/b26-14+/t15?,19-/m1/s1. The molecule has 0 spiro atoms. The van der Waals surface area contributed by atoms with Crippen LogP contribution in [-0.4, -0.2) is 67.0 Å². The molecule has 14 heteroatoms. The maximum atomic E-state index is 13.1. The Balaban J connectivity index is 1.53. The lowest BCUT2D eigenvalue weighted by Crippen LogP contribution is -2.71. The van der Waals surface area contributed by atoms with E-state index in [0.29, 0.717) is 23.3 Å². The molecule has 2 aromatic rings. The number of carbonyl (C=O) groups excluding carboxylic acids is 3. The normalized spacial score (nSPS) is 19.4. The predicted molar refractivity (Wildman–Crippen MR) is 127 cm³/mol. The van der Waals surface area contributed by atoms with Crippen molar-refractivity contribution >= 4 is 58.1 Å². The van der Waals surface area contributed by atoms with Gasteiger partial charge in [-0.25, -0.2) is 9.78 Å². The number of nitrogens with zero attached hydrogens (tertiary/aromatic N) is 4. The molecule has 4 rings (SSSR count). The summed E-state index contributed by atoms with van der Waals surface area (Å²) in [5.41, 5.74) is 0.921. The third-order valence-corrected chi connectivity index (χ3v) is 7.06. The SMILES string of the molecule is C=CC1=C(C(=O)O)N2C(=O)C(NC(=O)/C(=N/OCc3cccnc3)c3csc(NC=O)n3)[C@H]2SC1. The van der Waals surface area contributed by atoms with Crippen LogP contribution < -0.4 is 10.6 Å². The Labute approximate surface area is 206 Å². The number of β-lactam (4-membered cyclic amide) rings is 1. The van der Waals surface area contributed by atoms with Gasteiger partial charge in [0.25, 0.3) is 11.8 Å². The average molecular weight is 515 g/mol. The molecule has 2 atom stereocenters. The van der Waals surface area contributed by atoms with Gasteiger partial charge in [-0.1, -0.05) is 23.9 Å². The number of hydrogen-bond donors (Lipinski definition) is 3. The molecule has 35 heavy (non-hydrogen) atoms. The van der Waals surface area contributed by atoms with E-state index in [2.05, 4.69) is 32.3 Å². The molecule has 1 saturated heterocycles. The monoisotopic (exact) mass is 514 g/mol. The minimum atomic E-state index is -1.24. The highest BCUT2D eigenvalue weighted by molar-refractivity contribution is 8.00. The van der Waals surface area contributed by atoms with Crippen molar-refractivity contribution in [3.8, 4) is 0 Å². The lowest BCUT2D eigenvalue weighted by molar-refractivity contribution is -0.150. The van der Waals surface area contributed by atoms with Gasteiger partial charge in [-0.2, -0.15) is 0 Å². The van der Waals surface area contributed by atoms with E-state index in [0.717, 1.165) is 16.2 Å². The van der Waals surface area contributed by atoms with Gasteiger partial charge in [-0.05, 0) is 11.6 Å². The molecular weight excluding hydrogens is 496 g/mol. The Kier molecular flexibility index (Phi) is 7.22. The Morgan fingerprint density at radius 1 is 1.43 bits per heavy atom. The van der Waals surface area contributed by atoms with Crippen LogP contribution in [0.25, 0.3) is 0 Å². The Bertz CT molecular complexity index is 1240. The van der Waals surface area contributed by atoms with E-state index in [1.165, 1.54) is 23.2 Å². The number of aromatic nitrogens is 2. The van der Waals surface area contributed by atoms with Gasteiger partial charge in [0.1, 0.15) is 29.4 Å². The van der Waals surface area contributed by atoms with Crippen LogP contribution in [0.15, 0.2) is 59.0 Å². The smallest absolute Gasteiger partial charge is 0.352 e. The lowest BCUT2D eigenvalue weighted by Gasteiger charge is -2.49. The maximum absolute atomic E-state index is 13.1. The van der Waals surface area contributed by atoms with Crippen LogP contribution in [0, 0.1) is 0 Å². The molecule has 2 aliphatic rings. The Morgan fingerprint density at radius 3 is 2.94 bits per heavy atom. The van der Waals surface area contributed by atoms with Gasteiger partial charge in [0.2, 0.25) is 6.41 Å². The zero-order valence-corrected chi connectivity index (χ0v) is 19.5. The highest BCUT2D eigenvalue weighted by Gasteiger charge is 2.54. The van der Waals surface area contributed by atoms with Gasteiger partial charge in [0.05, 0.1) is 0 Å². The molecule has 12 nitrogen and oxygen atoms in total. The van der Waals surface area contributed by atoms with E-state index in [9.17, 15) is 24.3 Å². The highest BCUT2D eigenvalue weighted by Crippen LogP contribution is 2.40. The molecule has 3 N–H and O–H groups in total. The molecule has 4 heterocycles. The number of oxime groups is 1. The number of carboxylic acid groups (broad SMARTS) is 1. The van der Waals surface area contributed by atoms with Gasteiger partial charge in [0.15, 0.2) is 10.8 Å². The summed E-state index contributed by atoms with van der Waals surface area (Å²) in [6.45, 7) is 3.63. The topological polar surface area (TPSA) is 163 Å². The number of rotatable bonds is 10. The molecule has 2 aromatic heterocycles. The minimum Gasteiger partial charge on any atom is -0.477 e. The molecule has 1 unspecified atom stereocenters. The number of carbonyl (C=O) groups is 4. The highest BCUT2D eigenvalue weighted by atomic mass is 32.2. The largest absolute Gasteiger partial charge is 0.477 e. The van der Waals surface area contributed by atoms with Gasteiger partial charge in [-0.15, -0.1) is 23.1 Å². The molecule has 0 aliphatic carbocycles. The number of pyridine rings is 1. The van der Waals surface area contributed by atoms with Crippen molar-refractivity contribution in [1.29, 1.82) is 0 Å². The summed E-state index contributed by atoms with van der Waals surface area (Å²) in [7, 11) is 0. The first-order valence-electron chi connectivity index (χ1n) is 10.0. The van der Waals surface area contributed by atoms with Crippen LogP contribution in [-0.2, 0) is 30.6 Å². The van der Waals surface area contributed by atoms with E-state index < -0.39 is 29.2 Å². The lowest BCUT2D eigenvalue weighted by atomic mass is 10.0. The van der Waals surface area contributed by atoms with Crippen LogP contribution in [0.3, 0.4) is 0 Å². The summed E-state index contributed by atoms with van der Waals surface area (Å²) in [6, 6.07) is 2.52. The Hall–Kier alpha value is -4.04. The first-order valence-corrected chi connectivity index (χ1v) is 12.0. The summed E-state index contributed by atoms with van der Waals surface area (Å²) in [5, 5.41) is 19.6. The summed E-state index contributed by atoms with van der Waals surface area (Å²) < 4.78 is 0. The second kappa shape index (κ2) is 10.5. The quantitative estimate of drug-likeness (QED) is 0.181. The van der Waals surface area contributed by atoms with Gasteiger partial charge >= 0.3 is 5.97 Å². The van der Waals surface area contributed by atoms with Crippen LogP contribution >= 0.6 is 23.1 Å². The van der Waals surface area contributed by atoms with Crippen molar-refractivity contribution in [3.05, 3.63) is 65.1 Å². The molecule has 2 aliphatic heterocycles. The summed E-state index contributed by atoms with van der Waals surface area (Å²) in [5.74, 6) is -2.22. The number of nitrogens with one attached hydrogen (secondary N) is 2. The fourth-order valence-corrected chi connectivity index (χ4v) is 5.36. The third kappa shape index (κ3) is 4.93. The van der Waals surface area contributed by atoms with Crippen LogP contribution in [0.5, 0.6) is 0 Å². The van der Waals surface area contributed by atoms with Gasteiger partial charge in [-0.3, -0.25) is 24.3 Å². The van der Waals surface area contributed by atoms with E-state index in [-0.39, 0.29) is 28.8 Å². The van der Waals surface area contributed by atoms with Crippen LogP contribution in [0.2, 0.25) is 0 Å². The van der Waals surface area contributed by atoms with Crippen molar-refractivity contribution in [2.45, 2.75) is 18.0 Å². The predicted octanol–water partition coefficient (Wildman–Crippen LogP) is 0.952. The molecule has 180 valence electrons. The number of thiazole rings is 1. The van der Waals surface area contributed by atoms with Gasteiger partial charge in [0, 0.05) is 29.1 Å². The molecule has 1 fully saturated rings. The van der Waals surface area contributed by atoms with Crippen molar-refractivity contribution in [1.82, 2.24) is 20.2 Å². The van der Waals surface area contributed by atoms with Crippen molar-refractivity contribution in [2.75, 3.05) is 11.1 Å². The summed E-state index contributed by atoms with van der Waals surface area (Å²) in [4.78, 5) is 62.9. The molecule has 0 aromatic carbocycles. The summed E-state index contributed by atoms with van der Waals surface area (Å²) in [6.07, 6.45) is 5.04. The van der Waals surface area contributed by atoms with Crippen molar-refractivity contribution < 1.29 is 29.1 Å². The van der Waals surface area contributed by atoms with Gasteiger partial charge < -0.3 is 20.6 Å². The van der Waals surface area contributed by atoms with Crippen molar-refractivity contribution in [2.24, 2.45) is 5.16 Å². The number of thioether (sulfide) groups is 1. The van der Waals surface area contributed by atoms with Crippen LogP contribution in [0.1, 0.15) is 11.3 Å². The minimum absolute atomic E-state index is 0.0277. The Morgan fingerprint density at radius 2 is 2.26 bits per heavy atom. The van der Waals surface area contributed by atoms with E-state index >= 15 is 0 Å². The fourth-order valence-electron chi connectivity index (χ4n) is 3.37. The van der Waals surface area contributed by atoms with Crippen molar-refractivity contribution in [3.63, 3.8) is 0 Å². The second-order valence-electron chi connectivity index (χ2n) is 7.12. The zero-order valence-electron chi connectivity index (χ0n) is 17.9. The molecule has 0 saturated carbocycles. The number of fused-ring (bicyclic) bond motifs is 1. The number of anilines is 1. The second-order valence-corrected chi connectivity index (χ2v) is 9.08. The number of hydrogen-bond acceptors (Lipinski definition) is 10. The number of allylic oxidation sites excluding steroid dienone is 1. The number of carboxylic acids is 1. The van der Waals surface area contributed by atoms with E-state index in [1.54, 1.807) is 24.5 Å². The fraction of sp³-hybridized carbons (Fsp3) is 0.190. The zero-order chi connectivity index (χ0) is 24.9. The summed E-state index contributed by atoms with van der Waals surface area (Å²) >= 11 is 2.38. The van der Waals surface area contributed by atoms with Crippen LogP contribution in [0.4, 0.5) is 5.13 Å². The average Bonchev–Trinajstić information content (AvgIpc) is 3.32.